The number of halogens is 2. The van der Waals surface area contributed by atoms with Gasteiger partial charge in [0.15, 0.2) is 0 Å². The zero-order valence-corrected chi connectivity index (χ0v) is 14.3. The number of hydrogen-bond acceptors (Lipinski definition) is 5. The summed E-state index contributed by atoms with van der Waals surface area (Å²) in [5.74, 6) is -0.291. The second-order valence-electron chi connectivity index (χ2n) is 4.87. The molecule has 2 aromatic rings. The highest BCUT2D eigenvalue weighted by atomic mass is 35.5. The van der Waals surface area contributed by atoms with Crippen LogP contribution in [0.3, 0.4) is 0 Å². The van der Waals surface area contributed by atoms with E-state index < -0.39 is 4.92 Å². The molecule has 0 aliphatic carbocycles. The third-order valence-corrected chi connectivity index (χ3v) is 3.75. The van der Waals surface area contributed by atoms with Crippen LogP contribution >= 0.6 is 23.2 Å². The largest absolute Gasteiger partial charge is 0.391 e. The zero-order chi connectivity index (χ0) is 18.2. The molecule has 9 heteroatoms. The summed E-state index contributed by atoms with van der Waals surface area (Å²) >= 11 is 11.7. The number of non-ortho nitro benzene ring substituents is 1. The molecule has 0 bridgehead atoms. The topological polar surface area (TPSA) is 93.8 Å². The van der Waals surface area contributed by atoms with Crippen LogP contribution in [0.5, 0.6) is 0 Å². The first kappa shape index (κ1) is 18.7. The SMILES string of the molecule is O=C(C/C=N/OCc1ccc([N+](=O)[O-])cc1)Nc1ccc(Cl)c(Cl)c1. The predicted octanol–water partition coefficient (Wildman–Crippen LogP) is 4.43. The van der Waals surface area contributed by atoms with Crippen molar-refractivity contribution in [3.63, 3.8) is 0 Å². The highest BCUT2D eigenvalue weighted by Gasteiger charge is 2.05. The molecule has 0 radical (unpaired) electrons. The van der Waals surface area contributed by atoms with E-state index in [1.165, 1.54) is 18.3 Å². The smallest absolute Gasteiger partial charge is 0.269 e. The molecule has 0 saturated heterocycles. The maximum Gasteiger partial charge on any atom is 0.269 e. The molecule has 0 unspecified atom stereocenters. The van der Waals surface area contributed by atoms with E-state index >= 15 is 0 Å². The van der Waals surface area contributed by atoms with Crippen LogP contribution in [0.2, 0.25) is 10.0 Å². The number of carbonyl (C=O) groups excluding carboxylic acids is 1. The second kappa shape index (κ2) is 9.00. The van der Waals surface area contributed by atoms with Crippen LogP contribution in [-0.4, -0.2) is 17.0 Å². The van der Waals surface area contributed by atoms with Crippen LogP contribution in [-0.2, 0) is 16.2 Å². The summed E-state index contributed by atoms with van der Waals surface area (Å²) in [6, 6.07) is 10.7. The summed E-state index contributed by atoms with van der Waals surface area (Å²) in [5.41, 5.74) is 1.26. The van der Waals surface area contributed by atoms with Crippen molar-refractivity contribution >= 4 is 46.7 Å². The van der Waals surface area contributed by atoms with Crippen LogP contribution in [0.4, 0.5) is 11.4 Å². The molecule has 0 saturated carbocycles. The van der Waals surface area contributed by atoms with Crippen LogP contribution in [0.15, 0.2) is 47.6 Å². The van der Waals surface area contributed by atoms with Crippen molar-refractivity contribution in [1.29, 1.82) is 0 Å². The number of nitro benzene ring substituents is 1. The van der Waals surface area contributed by atoms with E-state index in [9.17, 15) is 14.9 Å². The normalized spacial score (nSPS) is 10.6. The van der Waals surface area contributed by atoms with Crippen LogP contribution in [0.1, 0.15) is 12.0 Å². The summed E-state index contributed by atoms with van der Waals surface area (Å²) in [6.07, 6.45) is 1.33. The fraction of sp³-hybridized carbons (Fsp3) is 0.125. The second-order valence-corrected chi connectivity index (χ2v) is 5.68. The van der Waals surface area contributed by atoms with Gasteiger partial charge >= 0.3 is 0 Å². The third-order valence-electron chi connectivity index (χ3n) is 3.01. The number of hydrogen-bond donors (Lipinski definition) is 1. The minimum Gasteiger partial charge on any atom is -0.391 e. The lowest BCUT2D eigenvalue weighted by Crippen LogP contribution is -2.11. The number of nitrogens with zero attached hydrogens (tertiary/aromatic N) is 2. The van der Waals surface area contributed by atoms with E-state index in [2.05, 4.69) is 10.5 Å². The molecule has 0 aromatic heterocycles. The first-order chi connectivity index (χ1) is 12.0. The molecule has 1 amide bonds. The van der Waals surface area contributed by atoms with E-state index in [0.717, 1.165) is 5.56 Å². The molecule has 0 heterocycles. The fourth-order valence-electron chi connectivity index (χ4n) is 1.78. The number of amides is 1. The molecule has 0 aliphatic rings. The first-order valence-electron chi connectivity index (χ1n) is 7.08. The van der Waals surface area contributed by atoms with Crippen molar-refractivity contribution in [1.82, 2.24) is 0 Å². The van der Waals surface area contributed by atoms with Crippen molar-refractivity contribution in [3.05, 3.63) is 68.2 Å². The van der Waals surface area contributed by atoms with Crippen molar-refractivity contribution in [3.8, 4) is 0 Å². The van der Waals surface area contributed by atoms with Crippen LogP contribution in [0, 0.1) is 10.1 Å². The molecule has 2 aromatic carbocycles. The molecule has 2 rings (SSSR count). The molecule has 0 fully saturated rings. The highest BCUT2D eigenvalue weighted by molar-refractivity contribution is 6.42. The summed E-state index contributed by atoms with van der Waals surface area (Å²) < 4.78 is 0. The maximum absolute atomic E-state index is 11.7. The van der Waals surface area contributed by atoms with Crippen molar-refractivity contribution < 1.29 is 14.6 Å². The van der Waals surface area contributed by atoms with E-state index in [-0.39, 0.29) is 24.6 Å². The number of nitrogens with one attached hydrogen (secondary N) is 1. The van der Waals surface area contributed by atoms with Crippen molar-refractivity contribution in [2.45, 2.75) is 13.0 Å². The number of rotatable bonds is 7. The standard InChI is InChI=1S/C16H13Cl2N3O4/c17-14-6-3-12(9-15(14)18)20-16(22)7-8-19-25-10-11-1-4-13(5-2-11)21(23)24/h1-6,8-9H,7,10H2,(H,20,22)/b19-8+. The van der Waals surface area contributed by atoms with Gasteiger partial charge in [-0.25, -0.2) is 0 Å². The number of anilines is 1. The first-order valence-corrected chi connectivity index (χ1v) is 7.83. The van der Waals surface area contributed by atoms with Gasteiger partial charge in [-0.1, -0.05) is 28.4 Å². The Balaban J connectivity index is 1.74. The van der Waals surface area contributed by atoms with Crippen LogP contribution < -0.4 is 5.32 Å². The Morgan fingerprint density at radius 1 is 1.20 bits per heavy atom. The summed E-state index contributed by atoms with van der Waals surface area (Å²) in [4.78, 5) is 26.8. The lowest BCUT2D eigenvalue weighted by atomic mass is 10.2. The summed E-state index contributed by atoms with van der Waals surface area (Å²) in [7, 11) is 0. The number of nitro groups is 1. The minimum atomic E-state index is -0.477. The molecule has 130 valence electrons. The molecule has 1 N–H and O–H groups in total. The van der Waals surface area contributed by atoms with Gasteiger partial charge in [-0.3, -0.25) is 14.9 Å². The Hall–Kier alpha value is -2.64. The minimum absolute atomic E-state index is 0.00576. The summed E-state index contributed by atoms with van der Waals surface area (Å²) in [6.45, 7) is 0.142. The molecule has 25 heavy (non-hydrogen) atoms. The Labute approximate surface area is 153 Å². The number of benzene rings is 2. The van der Waals surface area contributed by atoms with Gasteiger partial charge in [0.1, 0.15) is 6.61 Å². The van der Waals surface area contributed by atoms with Gasteiger partial charge in [0.2, 0.25) is 5.91 Å². The molecular weight excluding hydrogens is 369 g/mol. The van der Waals surface area contributed by atoms with Crippen LogP contribution in [0.25, 0.3) is 0 Å². The lowest BCUT2D eigenvalue weighted by Gasteiger charge is -2.04. The van der Waals surface area contributed by atoms with Gasteiger partial charge < -0.3 is 10.2 Å². The van der Waals surface area contributed by atoms with Gasteiger partial charge in [-0.05, 0) is 35.9 Å². The third kappa shape index (κ3) is 6.06. The lowest BCUT2D eigenvalue weighted by molar-refractivity contribution is -0.384. The Morgan fingerprint density at radius 3 is 2.56 bits per heavy atom. The van der Waals surface area contributed by atoms with Crippen molar-refractivity contribution in [2.75, 3.05) is 5.32 Å². The average Bonchev–Trinajstić information content (AvgIpc) is 2.58. The maximum atomic E-state index is 11.7. The molecule has 0 spiro atoms. The van der Waals surface area contributed by atoms with E-state index in [1.54, 1.807) is 30.3 Å². The fourth-order valence-corrected chi connectivity index (χ4v) is 2.08. The van der Waals surface area contributed by atoms with E-state index in [0.29, 0.717) is 15.7 Å². The van der Waals surface area contributed by atoms with Gasteiger partial charge in [-0.15, -0.1) is 0 Å². The monoisotopic (exact) mass is 381 g/mol. The highest BCUT2D eigenvalue weighted by Crippen LogP contribution is 2.24. The zero-order valence-electron chi connectivity index (χ0n) is 12.8. The Morgan fingerprint density at radius 2 is 1.92 bits per heavy atom. The number of carbonyl (C=O) groups is 1. The number of oxime groups is 1. The van der Waals surface area contributed by atoms with Crippen molar-refractivity contribution in [2.24, 2.45) is 5.16 Å². The van der Waals surface area contributed by atoms with Gasteiger partial charge in [0, 0.05) is 17.8 Å². The average molecular weight is 382 g/mol. The van der Waals surface area contributed by atoms with Gasteiger partial charge in [0.25, 0.3) is 5.69 Å². The van der Waals surface area contributed by atoms with E-state index in [1.807, 2.05) is 0 Å². The predicted molar refractivity (Wildman–Crippen MR) is 96.1 cm³/mol. The summed E-state index contributed by atoms with van der Waals surface area (Å²) in [5, 5.41) is 17.6. The Kier molecular flexibility index (Phi) is 6.73. The molecule has 7 nitrogen and oxygen atoms in total. The van der Waals surface area contributed by atoms with Gasteiger partial charge in [-0.2, -0.15) is 0 Å². The van der Waals surface area contributed by atoms with Gasteiger partial charge in [0.05, 0.1) is 27.6 Å². The molecule has 0 aliphatic heterocycles. The van der Waals surface area contributed by atoms with E-state index in [4.69, 9.17) is 28.0 Å². The quantitative estimate of drug-likeness (QED) is 0.435. The molecule has 0 atom stereocenters. The molecular formula is C16H13Cl2N3O4. The Bertz CT molecular complexity index is 794.